The molecule has 0 saturated heterocycles. The lowest BCUT2D eigenvalue weighted by Crippen LogP contribution is -2.23. The van der Waals surface area contributed by atoms with Crippen LogP contribution in [-0.2, 0) is 5.41 Å². The average molecular weight is 474 g/mol. The Morgan fingerprint density at radius 1 is 1.21 bits per heavy atom. The second-order valence-electron chi connectivity index (χ2n) is 8.81. The zero-order chi connectivity index (χ0) is 24.5. The highest BCUT2D eigenvalue weighted by molar-refractivity contribution is 7.07. The monoisotopic (exact) mass is 473 g/mol. The first-order valence-corrected chi connectivity index (χ1v) is 11.8. The largest absolute Gasteiger partial charge is 0.347 e. The second kappa shape index (κ2) is 9.23. The fourth-order valence-electron chi connectivity index (χ4n) is 4.15. The van der Waals surface area contributed by atoms with Crippen LogP contribution < -0.4 is 9.70 Å². The summed E-state index contributed by atoms with van der Waals surface area (Å²) < 4.78 is 1.78. The van der Waals surface area contributed by atoms with Crippen molar-refractivity contribution in [3.8, 4) is 11.3 Å². The second-order valence-corrected chi connectivity index (χ2v) is 9.65. The number of thiazole rings is 1. The minimum atomic E-state index is -0.402. The maximum absolute atomic E-state index is 11.0. The zero-order valence-electron chi connectivity index (χ0n) is 19.7. The van der Waals surface area contributed by atoms with E-state index in [1.54, 1.807) is 23.0 Å². The van der Waals surface area contributed by atoms with E-state index < -0.39 is 4.92 Å². The number of hydrogen-bond acceptors (Lipinski definition) is 6. The third-order valence-corrected chi connectivity index (χ3v) is 6.75. The minimum Gasteiger partial charge on any atom is -0.347 e. The SMILES string of the molecule is C=C(C)CN=c1scc(-c2ccc([N+](=O)[O-])cc2)n1N=CC=C1N(C)c2ccccc2C1(C)C. The van der Waals surface area contributed by atoms with E-state index in [-0.39, 0.29) is 11.1 Å². The van der Waals surface area contributed by atoms with E-state index in [0.29, 0.717) is 6.54 Å². The molecular formula is C26H27N5O2S. The van der Waals surface area contributed by atoms with Gasteiger partial charge in [0.2, 0.25) is 4.80 Å². The summed E-state index contributed by atoms with van der Waals surface area (Å²) >= 11 is 1.47. The number of hydrogen-bond donors (Lipinski definition) is 0. The van der Waals surface area contributed by atoms with Gasteiger partial charge in [0.1, 0.15) is 0 Å². The zero-order valence-corrected chi connectivity index (χ0v) is 20.5. The van der Waals surface area contributed by atoms with Crippen LogP contribution in [0.1, 0.15) is 26.3 Å². The molecule has 1 aliphatic heterocycles. The van der Waals surface area contributed by atoms with Crippen molar-refractivity contribution >= 4 is 28.9 Å². The van der Waals surface area contributed by atoms with Crippen LogP contribution in [0.5, 0.6) is 0 Å². The number of aromatic nitrogens is 1. The van der Waals surface area contributed by atoms with Gasteiger partial charge < -0.3 is 4.90 Å². The fraction of sp³-hybridized carbons (Fsp3) is 0.231. The van der Waals surface area contributed by atoms with Crippen molar-refractivity contribution in [2.75, 3.05) is 18.5 Å². The Morgan fingerprint density at radius 3 is 2.56 bits per heavy atom. The summed E-state index contributed by atoms with van der Waals surface area (Å²) in [5.74, 6) is 0. The Bertz CT molecular complexity index is 1380. The van der Waals surface area contributed by atoms with Gasteiger partial charge in [-0.3, -0.25) is 15.1 Å². The van der Waals surface area contributed by atoms with Crippen molar-refractivity contribution in [2.24, 2.45) is 10.1 Å². The molecule has 0 atom stereocenters. The summed E-state index contributed by atoms with van der Waals surface area (Å²) in [6.07, 6.45) is 3.83. The summed E-state index contributed by atoms with van der Waals surface area (Å²) in [6.45, 7) is 10.8. The number of non-ortho nitro benzene ring substituents is 1. The molecule has 0 bridgehead atoms. The van der Waals surface area contributed by atoms with E-state index in [1.165, 1.54) is 34.7 Å². The predicted octanol–water partition coefficient (Wildman–Crippen LogP) is 5.75. The lowest BCUT2D eigenvalue weighted by molar-refractivity contribution is -0.384. The number of nitrogens with zero attached hydrogens (tertiary/aromatic N) is 5. The fourth-order valence-corrected chi connectivity index (χ4v) is 4.98. The van der Waals surface area contributed by atoms with E-state index >= 15 is 0 Å². The first kappa shape index (κ1) is 23.4. The van der Waals surface area contributed by atoms with E-state index in [9.17, 15) is 10.1 Å². The number of nitro benzene ring substituents is 1. The molecule has 0 saturated carbocycles. The molecule has 7 nitrogen and oxygen atoms in total. The maximum atomic E-state index is 11.0. The number of rotatable bonds is 6. The van der Waals surface area contributed by atoms with Crippen LogP contribution in [0.3, 0.4) is 0 Å². The molecule has 0 amide bonds. The molecule has 0 aliphatic carbocycles. The third-order valence-electron chi connectivity index (χ3n) is 5.90. The van der Waals surface area contributed by atoms with Gasteiger partial charge in [-0.2, -0.15) is 5.10 Å². The number of anilines is 1. The van der Waals surface area contributed by atoms with Gasteiger partial charge in [0.15, 0.2) is 0 Å². The first-order valence-electron chi connectivity index (χ1n) is 10.9. The van der Waals surface area contributed by atoms with Gasteiger partial charge >= 0.3 is 0 Å². The van der Waals surface area contributed by atoms with Crippen LogP contribution >= 0.6 is 11.3 Å². The van der Waals surface area contributed by atoms with E-state index in [2.05, 4.69) is 61.6 Å². The van der Waals surface area contributed by atoms with Gasteiger partial charge in [-0.05, 0) is 36.8 Å². The molecule has 0 N–H and O–H groups in total. The summed E-state index contributed by atoms with van der Waals surface area (Å²) in [6, 6.07) is 14.9. The number of likely N-dealkylation sites (N-methyl/N-ethyl adjacent to an activating group) is 1. The molecule has 8 heteroatoms. The summed E-state index contributed by atoms with van der Waals surface area (Å²) in [4.78, 5) is 18.2. The van der Waals surface area contributed by atoms with Gasteiger partial charge in [0.05, 0.1) is 17.2 Å². The summed E-state index contributed by atoms with van der Waals surface area (Å²) in [5, 5.41) is 17.8. The van der Waals surface area contributed by atoms with Gasteiger partial charge in [0.25, 0.3) is 5.69 Å². The molecule has 1 aliphatic rings. The van der Waals surface area contributed by atoms with E-state index in [1.807, 2.05) is 18.4 Å². The normalized spacial score (nSPS) is 16.4. The quantitative estimate of drug-likeness (QED) is 0.198. The summed E-state index contributed by atoms with van der Waals surface area (Å²) in [7, 11) is 2.07. The van der Waals surface area contributed by atoms with E-state index in [0.717, 1.165) is 27.3 Å². The standard InChI is InChI=1S/C26H27N5O2S/c1-18(2)16-27-25-30(23(17-34-25)19-10-12-20(13-11-19)31(32)33)28-15-14-24-26(3,4)21-8-6-7-9-22(21)29(24)5/h6-15,17H,1,16H2,2-5H3. The van der Waals surface area contributed by atoms with Gasteiger partial charge in [-0.15, -0.1) is 11.3 Å². The number of benzene rings is 2. The topological polar surface area (TPSA) is 76.0 Å². The van der Waals surface area contributed by atoms with Crippen LogP contribution in [0, 0.1) is 10.1 Å². The van der Waals surface area contributed by atoms with Crippen LogP contribution in [0.25, 0.3) is 11.3 Å². The maximum Gasteiger partial charge on any atom is 0.269 e. The molecular weight excluding hydrogens is 446 g/mol. The molecule has 0 radical (unpaired) electrons. The lowest BCUT2D eigenvalue weighted by Gasteiger charge is -2.23. The van der Waals surface area contributed by atoms with Crippen LogP contribution in [0.2, 0.25) is 0 Å². The van der Waals surface area contributed by atoms with Crippen molar-refractivity contribution in [3.05, 3.63) is 98.3 Å². The molecule has 34 heavy (non-hydrogen) atoms. The third kappa shape index (κ3) is 4.36. The molecule has 0 spiro atoms. The molecule has 4 rings (SSSR count). The highest BCUT2D eigenvalue weighted by Crippen LogP contribution is 2.46. The number of para-hydroxylation sites is 1. The minimum absolute atomic E-state index is 0.0528. The van der Waals surface area contributed by atoms with Crippen molar-refractivity contribution in [2.45, 2.75) is 26.2 Å². The van der Waals surface area contributed by atoms with E-state index in [4.69, 9.17) is 5.10 Å². The van der Waals surface area contributed by atoms with Crippen LogP contribution in [-0.4, -0.2) is 29.4 Å². The molecule has 2 heterocycles. The smallest absolute Gasteiger partial charge is 0.269 e. The molecule has 2 aromatic carbocycles. The Morgan fingerprint density at radius 2 is 1.91 bits per heavy atom. The summed E-state index contributed by atoms with van der Waals surface area (Å²) in [5.41, 5.74) is 6.12. The Balaban J connectivity index is 1.75. The van der Waals surface area contributed by atoms with Crippen LogP contribution in [0.4, 0.5) is 11.4 Å². The van der Waals surface area contributed by atoms with Crippen LogP contribution in [0.15, 0.2) is 87.9 Å². The number of fused-ring (bicyclic) bond motifs is 1. The Hall–Kier alpha value is -3.78. The lowest BCUT2D eigenvalue weighted by atomic mass is 9.84. The van der Waals surface area contributed by atoms with Gasteiger partial charge in [-0.1, -0.05) is 44.2 Å². The van der Waals surface area contributed by atoms with Gasteiger partial charge in [-0.25, -0.2) is 4.68 Å². The van der Waals surface area contributed by atoms with Crippen molar-refractivity contribution < 1.29 is 4.92 Å². The van der Waals surface area contributed by atoms with Crippen molar-refractivity contribution in [3.63, 3.8) is 0 Å². The first-order chi connectivity index (χ1) is 16.2. The van der Waals surface area contributed by atoms with Gasteiger partial charge in [0, 0.05) is 53.1 Å². The molecule has 1 aromatic heterocycles. The highest BCUT2D eigenvalue weighted by Gasteiger charge is 2.37. The average Bonchev–Trinajstić information content (AvgIpc) is 3.30. The molecule has 0 unspecified atom stereocenters. The highest BCUT2D eigenvalue weighted by atomic mass is 32.1. The Kier molecular flexibility index (Phi) is 6.34. The number of allylic oxidation sites excluding steroid dienone is 2. The van der Waals surface area contributed by atoms with Crippen molar-refractivity contribution in [1.29, 1.82) is 0 Å². The molecule has 174 valence electrons. The molecule has 3 aromatic rings. The predicted molar refractivity (Wildman–Crippen MR) is 139 cm³/mol. The van der Waals surface area contributed by atoms with Crippen molar-refractivity contribution in [1.82, 2.24) is 4.68 Å². The Labute approximate surface area is 202 Å². The number of nitro groups is 1. The molecule has 0 fully saturated rings.